The molecule has 0 spiro atoms. The van der Waals surface area contributed by atoms with Gasteiger partial charge in [-0.25, -0.2) is 4.79 Å². The first-order chi connectivity index (χ1) is 7.66. The van der Waals surface area contributed by atoms with Crippen molar-refractivity contribution in [2.24, 2.45) is 0 Å². The number of benzene rings is 1. The summed E-state index contributed by atoms with van der Waals surface area (Å²) in [6.07, 6.45) is 0. The molecule has 5 heteroatoms. The SMILES string of the molecule is COCCSCc1cccc(N)c1C(=O)O. The second-order valence-corrected chi connectivity index (χ2v) is 4.34. The highest BCUT2D eigenvalue weighted by Crippen LogP contribution is 2.21. The summed E-state index contributed by atoms with van der Waals surface area (Å²) in [6.45, 7) is 0.662. The summed E-state index contributed by atoms with van der Waals surface area (Å²) in [5.74, 6) is 0.501. The molecule has 88 valence electrons. The van der Waals surface area contributed by atoms with Crippen molar-refractivity contribution in [2.45, 2.75) is 5.75 Å². The van der Waals surface area contributed by atoms with Gasteiger partial charge < -0.3 is 15.6 Å². The number of carboxylic acid groups (broad SMARTS) is 1. The van der Waals surface area contributed by atoms with Crippen LogP contribution in [0.25, 0.3) is 0 Å². The highest BCUT2D eigenvalue weighted by Gasteiger charge is 2.12. The van der Waals surface area contributed by atoms with Gasteiger partial charge in [0.2, 0.25) is 0 Å². The zero-order valence-electron chi connectivity index (χ0n) is 9.10. The van der Waals surface area contributed by atoms with Crippen LogP contribution in [0.3, 0.4) is 0 Å². The lowest BCUT2D eigenvalue weighted by atomic mass is 10.1. The van der Waals surface area contributed by atoms with Crippen molar-refractivity contribution in [3.05, 3.63) is 29.3 Å². The van der Waals surface area contributed by atoms with Gasteiger partial charge >= 0.3 is 5.97 Å². The van der Waals surface area contributed by atoms with Crippen LogP contribution in [0, 0.1) is 0 Å². The Hall–Kier alpha value is -1.20. The Kier molecular flexibility index (Phi) is 5.14. The minimum absolute atomic E-state index is 0.215. The molecule has 0 aromatic heterocycles. The number of carbonyl (C=O) groups is 1. The Bertz CT molecular complexity index is 368. The number of methoxy groups -OCH3 is 1. The molecule has 0 radical (unpaired) electrons. The summed E-state index contributed by atoms with van der Waals surface area (Å²) < 4.78 is 4.92. The van der Waals surface area contributed by atoms with E-state index in [-0.39, 0.29) is 5.56 Å². The van der Waals surface area contributed by atoms with E-state index < -0.39 is 5.97 Å². The summed E-state index contributed by atoms with van der Waals surface area (Å²) >= 11 is 1.63. The lowest BCUT2D eigenvalue weighted by molar-refractivity contribution is 0.0697. The Morgan fingerprint density at radius 1 is 1.56 bits per heavy atom. The van der Waals surface area contributed by atoms with Gasteiger partial charge in [0.15, 0.2) is 0 Å². The molecule has 16 heavy (non-hydrogen) atoms. The van der Waals surface area contributed by atoms with E-state index in [9.17, 15) is 4.79 Å². The monoisotopic (exact) mass is 241 g/mol. The molecule has 3 N–H and O–H groups in total. The molecule has 1 aromatic carbocycles. The number of hydrogen-bond donors (Lipinski definition) is 2. The van der Waals surface area contributed by atoms with E-state index in [4.69, 9.17) is 15.6 Å². The summed E-state index contributed by atoms with van der Waals surface area (Å²) in [7, 11) is 1.64. The van der Waals surface area contributed by atoms with Gasteiger partial charge in [-0.3, -0.25) is 0 Å². The smallest absolute Gasteiger partial charge is 0.338 e. The molecule has 0 fully saturated rings. The van der Waals surface area contributed by atoms with Crippen molar-refractivity contribution in [3.63, 3.8) is 0 Å². The van der Waals surface area contributed by atoms with Crippen molar-refractivity contribution in [1.82, 2.24) is 0 Å². The maximum absolute atomic E-state index is 11.0. The summed E-state index contributed by atoms with van der Waals surface area (Å²) in [5, 5.41) is 9.04. The molecule has 4 nitrogen and oxygen atoms in total. The molecular weight excluding hydrogens is 226 g/mol. The largest absolute Gasteiger partial charge is 0.478 e. The second kappa shape index (κ2) is 6.40. The molecule has 0 aliphatic heterocycles. The van der Waals surface area contributed by atoms with Crippen molar-refractivity contribution >= 4 is 23.4 Å². The van der Waals surface area contributed by atoms with Gasteiger partial charge in [0.05, 0.1) is 12.2 Å². The molecule has 0 aliphatic carbocycles. The van der Waals surface area contributed by atoms with Crippen LogP contribution in [0.5, 0.6) is 0 Å². The average molecular weight is 241 g/mol. The number of anilines is 1. The Morgan fingerprint density at radius 2 is 2.31 bits per heavy atom. The number of aromatic carboxylic acids is 1. The quantitative estimate of drug-likeness (QED) is 0.587. The second-order valence-electron chi connectivity index (χ2n) is 3.23. The van der Waals surface area contributed by atoms with Gasteiger partial charge in [-0.05, 0) is 11.6 Å². The van der Waals surface area contributed by atoms with Crippen LogP contribution in [-0.2, 0) is 10.5 Å². The van der Waals surface area contributed by atoms with Gasteiger partial charge in [0, 0.05) is 24.3 Å². The number of thioether (sulfide) groups is 1. The molecule has 1 aromatic rings. The fourth-order valence-corrected chi connectivity index (χ4v) is 2.21. The molecule has 0 bridgehead atoms. The number of nitrogens with two attached hydrogens (primary N) is 1. The predicted molar refractivity (Wildman–Crippen MR) is 65.9 cm³/mol. The van der Waals surface area contributed by atoms with E-state index in [2.05, 4.69) is 0 Å². The summed E-state index contributed by atoms with van der Waals surface area (Å²) in [5.41, 5.74) is 6.93. The maximum Gasteiger partial charge on any atom is 0.338 e. The van der Waals surface area contributed by atoms with Crippen LogP contribution in [0.4, 0.5) is 5.69 Å². The van der Waals surface area contributed by atoms with Crippen LogP contribution in [-0.4, -0.2) is 30.5 Å². The van der Waals surface area contributed by atoms with E-state index in [1.54, 1.807) is 37.1 Å². The van der Waals surface area contributed by atoms with Crippen molar-refractivity contribution in [1.29, 1.82) is 0 Å². The number of carboxylic acids is 1. The Labute approximate surface area is 98.8 Å². The standard InChI is InChI=1S/C11H15NO3S/c1-15-5-6-16-7-8-3-2-4-9(12)10(8)11(13)14/h2-4H,5-7,12H2,1H3,(H,13,14). The minimum Gasteiger partial charge on any atom is -0.478 e. The van der Waals surface area contributed by atoms with Crippen LogP contribution < -0.4 is 5.73 Å². The predicted octanol–water partition coefficient (Wildman–Crippen LogP) is 1.85. The fraction of sp³-hybridized carbons (Fsp3) is 0.364. The van der Waals surface area contributed by atoms with Crippen molar-refractivity contribution < 1.29 is 14.6 Å². The van der Waals surface area contributed by atoms with Gasteiger partial charge in [-0.2, -0.15) is 11.8 Å². The molecule has 0 aliphatic rings. The number of rotatable bonds is 6. The first kappa shape index (κ1) is 12.9. The van der Waals surface area contributed by atoms with E-state index in [1.165, 1.54) is 0 Å². The van der Waals surface area contributed by atoms with Crippen LogP contribution in [0.2, 0.25) is 0 Å². The van der Waals surface area contributed by atoms with Crippen molar-refractivity contribution in [3.8, 4) is 0 Å². The third-order valence-corrected chi connectivity index (χ3v) is 3.06. The zero-order valence-corrected chi connectivity index (χ0v) is 9.92. The molecular formula is C11H15NO3S. The van der Waals surface area contributed by atoms with E-state index in [1.807, 2.05) is 0 Å². The molecule has 0 amide bonds. The fourth-order valence-electron chi connectivity index (χ4n) is 1.33. The Balaban J connectivity index is 2.71. The van der Waals surface area contributed by atoms with Gasteiger partial charge in [0.25, 0.3) is 0 Å². The van der Waals surface area contributed by atoms with E-state index in [0.29, 0.717) is 18.0 Å². The molecule has 0 saturated heterocycles. The van der Waals surface area contributed by atoms with Gasteiger partial charge in [-0.1, -0.05) is 12.1 Å². The zero-order chi connectivity index (χ0) is 12.0. The van der Waals surface area contributed by atoms with Crippen molar-refractivity contribution in [2.75, 3.05) is 25.2 Å². The molecule has 0 unspecified atom stereocenters. The lowest BCUT2D eigenvalue weighted by Gasteiger charge is -2.08. The first-order valence-corrected chi connectivity index (χ1v) is 5.99. The molecule has 0 atom stereocenters. The maximum atomic E-state index is 11.0. The molecule has 0 heterocycles. The molecule has 1 rings (SSSR count). The first-order valence-electron chi connectivity index (χ1n) is 4.84. The number of hydrogen-bond acceptors (Lipinski definition) is 4. The van der Waals surface area contributed by atoms with Gasteiger partial charge in [-0.15, -0.1) is 0 Å². The topological polar surface area (TPSA) is 72.5 Å². The van der Waals surface area contributed by atoms with Gasteiger partial charge in [0.1, 0.15) is 0 Å². The van der Waals surface area contributed by atoms with E-state index in [0.717, 1.165) is 11.3 Å². The van der Waals surface area contributed by atoms with Crippen LogP contribution in [0.1, 0.15) is 15.9 Å². The highest BCUT2D eigenvalue weighted by atomic mass is 32.2. The lowest BCUT2D eigenvalue weighted by Crippen LogP contribution is -2.06. The van der Waals surface area contributed by atoms with Crippen LogP contribution >= 0.6 is 11.8 Å². The number of ether oxygens (including phenoxy) is 1. The third kappa shape index (κ3) is 3.43. The highest BCUT2D eigenvalue weighted by molar-refractivity contribution is 7.98. The number of nitrogen functional groups attached to an aromatic ring is 1. The van der Waals surface area contributed by atoms with E-state index >= 15 is 0 Å². The summed E-state index contributed by atoms with van der Waals surface area (Å²) in [6, 6.07) is 5.17. The molecule has 0 saturated carbocycles. The third-order valence-electron chi connectivity index (χ3n) is 2.09. The minimum atomic E-state index is -0.972. The normalized spacial score (nSPS) is 10.3. The summed E-state index contributed by atoms with van der Waals surface area (Å²) in [4.78, 5) is 11.0. The Morgan fingerprint density at radius 3 is 2.94 bits per heavy atom. The average Bonchev–Trinajstić information content (AvgIpc) is 2.24. The van der Waals surface area contributed by atoms with Crippen LogP contribution in [0.15, 0.2) is 18.2 Å².